The van der Waals surface area contributed by atoms with Crippen LogP contribution < -0.4 is 5.73 Å². The normalized spacial score (nSPS) is 26.1. The Kier molecular flexibility index (Phi) is 4.13. The molecule has 94 valence electrons. The number of nitrogens with zero attached hydrogens (tertiary/aromatic N) is 2. The fourth-order valence-corrected chi connectivity index (χ4v) is 2.65. The zero-order valence-electron chi connectivity index (χ0n) is 10.9. The van der Waals surface area contributed by atoms with Crippen molar-refractivity contribution in [2.45, 2.75) is 39.3 Å². The van der Waals surface area contributed by atoms with Gasteiger partial charge < -0.3 is 5.73 Å². The van der Waals surface area contributed by atoms with Gasteiger partial charge in [0.25, 0.3) is 0 Å². The highest BCUT2D eigenvalue weighted by atomic mass is 15.2. The molecule has 1 aromatic rings. The Morgan fingerprint density at radius 1 is 1.47 bits per heavy atom. The lowest BCUT2D eigenvalue weighted by molar-refractivity contribution is 0.114. The van der Waals surface area contributed by atoms with Crippen molar-refractivity contribution in [3.63, 3.8) is 0 Å². The van der Waals surface area contributed by atoms with E-state index in [2.05, 4.69) is 28.9 Å². The standard InChI is InChI=1S/C14H23N3/c1-11-6-7-17(14(8-11)9-15)10-13-5-3-4-12(2)16-13/h3-5,11,14H,6-10,15H2,1-2H3. The predicted molar refractivity (Wildman–Crippen MR) is 70.6 cm³/mol. The fraction of sp³-hybridized carbons (Fsp3) is 0.643. The molecule has 1 fully saturated rings. The van der Waals surface area contributed by atoms with E-state index >= 15 is 0 Å². The summed E-state index contributed by atoms with van der Waals surface area (Å²) in [6, 6.07) is 6.77. The molecule has 0 aliphatic carbocycles. The van der Waals surface area contributed by atoms with Crippen molar-refractivity contribution in [1.82, 2.24) is 9.88 Å². The van der Waals surface area contributed by atoms with Gasteiger partial charge in [0.1, 0.15) is 0 Å². The maximum atomic E-state index is 5.88. The van der Waals surface area contributed by atoms with Gasteiger partial charge in [-0.05, 0) is 44.4 Å². The van der Waals surface area contributed by atoms with Crippen LogP contribution in [0, 0.1) is 12.8 Å². The molecule has 1 aliphatic heterocycles. The first-order chi connectivity index (χ1) is 8.19. The first-order valence-electron chi connectivity index (χ1n) is 6.55. The van der Waals surface area contributed by atoms with Crippen LogP contribution in [0.2, 0.25) is 0 Å². The molecule has 1 aromatic heterocycles. The van der Waals surface area contributed by atoms with Gasteiger partial charge in [-0.25, -0.2) is 0 Å². The van der Waals surface area contributed by atoms with Crippen LogP contribution in [-0.4, -0.2) is 29.0 Å². The minimum Gasteiger partial charge on any atom is -0.329 e. The number of aromatic nitrogens is 1. The molecule has 2 unspecified atom stereocenters. The Morgan fingerprint density at radius 3 is 3.00 bits per heavy atom. The average molecular weight is 233 g/mol. The van der Waals surface area contributed by atoms with E-state index in [0.29, 0.717) is 6.04 Å². The maximum absolute atomic E-state index is 5.88. The van der Waals surface area contributed by atoms with Gasteiger partial charge in [-0.2, -0.15) is 0 Å². The van der Waals surface area contributed by atoms with E-state index in [1.807, 2.05) is 13.0 Å². The van der Waals surface area contributed by atoms with E-state index in [1.54, 1.807) is 0 Å². The Bertz CT molecular complexity index is 364. The molecule has 2 heterocycles. The zero-order valence-corrected chi connectivity index (χ0v) is 10.9. The number of piperidine rings is 1. The summed E-state index contributed by atoms with van der Waals surface area (Å²) < 4.78 is 0. The zero-order chi connectivity index (χ0) is 12.3. The molecule has 0 amide bonds. The van der Waals surface area contributed by atoms with Gasteiger partial charge in [-0.15, -0.1) is 0 Å². The Hall–Kier alpha value is -0.930. The van der Waals surface area contributed by atoms with Gasteiger partial charge in [0.2, 0.25) is 0 Å². The van der Waals surface area contributed by atoms with Crippen LogP contribution in [0.25, 0.3) is 0 Å². The number of rotatable bonds is 3. The van der Waals surface area contributed by atoms with E-state index in [9.17, 15) is 0 Å². The Labute approximate surface area is 104 Å². The van der Waals surface area contributed by atoms with Gasteiger partial charge in [0.05, 0.1) is 5.69 Å². The second-order valence-corrected chi connectivity index (χ2v) is 5.26. The Morgan fingerprint density at radius 2 is 2.29 bits per heavy atom. The highest BCUT2D eigenvalue weighted by Crippen LogP contribution is 2.23. The van der Waals surface area contributed by atoms with Gasteiger partial charge in [-0.1, -0.05) is 13.0 Å². The van der Waals surface area contributed by atoms with Gasteiger partial charge >= 0.3 is 0 Å². The van der Waals surface area contributed by atoms with Crippen LogP contribution >= 0.6 is 0 Å². The van der Waals surface area contributed by atoms with Crippen LogP contribution in [0.5, 0.6) is 0 Å². The largest absolute Gasteiger partial charge is 0.329 e. The number of nitrogens with two attached hydrogens (primary N) is 1. The lowest BCUT2D eigenvalue weighted by Gasteiger charge is -2.37. The molecule has 1 saturated heterocycles. The second kappa shape index (κ2) is 5.61. The second-order valence-electron chi connectivity index (χ2n) is 5.26. The fourth-order valence-electron chi connectivity index (χ4n) is 2.65. The van der Waals surface area contributed by atoms with E-state index < -0.39 is 0 Å². The van der Waals surface area contributed by atoms with Crippen LogP contribution in [-0.2, 0) is 6.54 Å². The molecular formula is C14H23N3. The molecule has 0 aromatic carbocycles. The number of likely N-dealkylation sites (tertiary alicyclic amines) is 1. The van der Waals surface area contributed by atoms with Crippen molar-refractivity contribution in [2.75, 3.05) is 13.1 Å². The van der Waals surface area contributed by atoms with Crippen LogP contribution in [0.15, 0.2) is 18.2 Å². The molecule has 3 heteroatoms. The lowest BCUT2D eigenvalue weighted by Crippen LogP contribution is -2.45. The van der Waals surface area contributed by atoms with Gasteiger partial charge in [-0.3, -0.25) is 9.88 Å². The molecule has 0 radical (unpaired) electrons. The summed E-state index contributed by atoms with van der Waals surface area (Å²) in [5, 5.41) is 0. The van der Waals surface area contributed by atoms with Crippen molar-refractivity contribution in [3.8, 4) is 0 Å². The summed E-state index contributed by atoms with van der Waals surface area (Å²) >= 11 is 0. The van der Waals surface area contributed by atoms with Crippen molar-refractivity contribution in [2.24, 2.45) is 11.7 Å². The summed E-state index contributed by atoms with van der Waals surface area (Å²) in [6.07, 6.45) is 2.50. The first-order valence-corrected chi connectivity index (χ1v) is 6.55. The lowest BCUT2D eigenvalue weighted by atomic mass is 9.92. The molecule has 0 bridgehead atoms. The third-order valence-corrected chi connectivity index (χ3v) is 3.68. The molecule has 2 rings (SSSR count). The first kappa shape index (κ1) is 12.5. The van der Waals surface area contributed by atoms with Crippen molar-refractivity contribution in [3.05, 3.63) is 29.6 Å². The predicted octanol–water partition coefficient (Wildman–Crippen LogP) is 1.95. The number of hydrogen-bond acceptors (Lipinski definition) is 3. The molecule has 1 aliphatic rings. The quantitative estimate of drug-likeness (QED) is 0.867. The van der Waals surface area contributed by atoms with E-state index in [-0.39, 0.29) is 0 Å². The van der Waals surface area contributed by atoms with Crippen LogP contribution in [0.4, 0.5) is 0 Å². The van der Waals surface area contributed by atoms with E-state index in [1.165, 1.54) is 12.8 Å². The smallest absolute Gasteiger partial charge is 0.0547 e. The van der Waals surface area contributed by atoms with E-state index in [4.69, 9.17) is 5.73 Å². The third-order valence-electron chi connectivity index (χ3n) is 3.68. The summed E-state index contributed by atoms with van der Waals surface area (Å²) in [5.41, 5.74) is 8.14. The highest BCUT2D eigenvalue weighted by Gasteiger charge is 2.25. The van der Waals surface area contributed by atoms with Crippen LogP contribution in [0.3, 0.4) is 0 Å². The number of aryl methyl sites for hydroxylation is 1. The van der Waals surface area contributed by atoms with Gasteiger partial charge in [0, 0.05) is 24.8 Å². The Balaban J connectivity index is 2.02. The summed E-state index contributed by atoms with van der Waals surface area (Å²) in [6.45, 7) is 7.22. The van der Waals surface area contributed by atoms with Gasteiger partial charge in [0.15, 0.2) is 0 Å². The average Bonchev–Trinajstić information content (AvgIpc) is 2.31. The molecule has 2 atom stereocenters. The maximum Gasteiger partial charge on any atom is 0.0547 e. The summed E-state index contributed by atoms with van der Waals surface area (Å²) in [5.74, 6) is 0.810. The van der Waals surface area contributed by atoms with Crippen molar-refractivity contribution < 1.29 is 0 Å². The summed E-state index contributed by atoms with van der Waals surface area (Å²) in [4.78, 5) is 7.06. The molecule has 17 heavy (non-hydrogen) atoms. The van der Waals surface area contributed by atoms with Crippen LogP contribution in [0.1, 0.15) is 31.2 Å². The van der Waals surface area contributed by atoms with Crippen molar-refractivity contribution >= 4 is 0 Å². The van der Waals surface area contributed by atoms with E-state index in [0.717, 1.165) is 36.9 Å². The summed E-state index contributed by atoms with van der Waals surface area (Å²) in [7, 11) is 0. The number of pyridine rings is 1. The highest BCUT2D eigenvalue weighted by molar-refractivity contribution is 5.10. The van der Waals surface area contributed by atoms with Crippen molar-refractivity contribution in [1.29, 1.82) is 0 Å². The molecule has 3 nitrogen and oxygen atoms in total. The molecule has 2 N–H and O–H groups in total. The monoisotopic (exact) mass is 233 g/mol. The topological polar surface area (TPSA) is 42.1 Å². The third kappa shape index (κ3) is 3.27. The molecule has 0 saturated carbocycles. The molecule has 0 spiro atoms. The molecular weight excluding hydrogens is 210 g/mol. The number of hydrogen-bond donors (Lipinski definition) is 1. The SMILES string of the molecule is Cc1cccc(CN2CCC(C)CC2CN)n1. The minimum atomic E-state index is 0.529. The minimum absolute atomic E-state index is 0.529.